The van der Waals surface area contributed by atoms with Crippen molar-refractivity contribution in [1.82, 2.24) is 0 Å². The molecule has 0 radical (unpaired) electrons. The van der Waals surface area contributed by atoms with Crippen molar-refractivity contribution in [2.24, 2.45) is 0 Å². The molecular weight excluding hydrogens is 877 g/mol. The van der Waals surface area contributed by atoms with Gasteiger partial charge in [-0.15, -0.1) is 0 Å². The van der Waals surface area contributed by atoms with Gasteiger partial charge in [0.25, 0.3) is 0 Å². The molecule has 408 valence electrons. The Morgan fingerprint density at radius 3 is 0.859 bits per heavy atom. The van der Waals surface area contributed by atoms with Crippen molar-refractivity contribution in [3.8, 4) is 0 Å². The molecule has 1 unspecified atom stereocenters. The molecule has 6 nitrogen and oxygen atoms in total. The third-order valence-corrected chi connectivity index (χ3v) is 12.9. The van der Waals surface area contributed by atoms with Crippen LogP contribution in [0.1, 0.15) is 290 Å². The number of unbranched alkanes of at least 4 members (excludes halogenated alkanes) is 29. The van der Waals surface area contributed by atoms with Gasteiger partial charge >= 0.3 is 17.9 Å². The van der Waals surface area contributed by atoms with E-state index in [1.165, 1.54) is 141 Å². The van der Waals surface area contributed by atoms with Gasteiger partial charge in [0.2, 0.25) is 0 Å². The Morgan fingerprint density at radius 2 is 0.549 bits per heavy atom. The molecule has 0 aromatic carbocycles. The Kier molecular flexibility index (Phi) is 56.3. The maximum absolute atomic E-state index is 12.8. The Hall–Kier alpha value is -3.41. The smallest absolute Gasteiger partial charge is 0.306 e. The normalized spacial score (nSPS) is 12.7. The number of esters is 3. The summed E-state index contributed by atoms with van der Waals surface area (Å²) < 4.78 is 16.8. The van der Waals surface area contributed by atoms with Crippen molar-refractivity contribution in [2.45, 2.75) is 297 Å². The summed E-state index contributed by atoms with van der Waals surface area (Å²) >= 11 is 0. The quantitative estimate of drug-likeness (QED) is 0.0261. The fourth-order valence-electron chi connectivity index (χ4n) is 8.42. The molecule has 0 spiro atoms. The largest absolute Gasteiger partial charge is 0.462 e. The van der Waals surface area contributed by atoms with Gasteiger partial charge in [0, 0.05) is 19.3 Å². The van der Waals surface area contributed by atoms with E-state index >= 15 is 0 Å². The van der Waals surface area contributed by atoms with Crippen LogP contribution in [0.3, 0.4) is 0 Å². The third-order valence-electron chi connectivity index (χ3n) is 12.9. The van der Waals surface area contributed by atoms with Crippen LogP contribution < -0.4 is 0 Å². The molecule has 0 saturated carbocycles. The van der Waals surface area contributed by atoms with E-state index in [1.807, 2.05) is 0 Å². The average Bonchev–Trinajstić information content (AvgIpc) is 3.37. The summed E-state index contributed by atoms with van der Waals surface area (Å²) in [6, 6.07) is 0. The highest BCUT2D eigenvalue weighted by molar-refractivity contribution is 5.71. The van der Waals surface area contributed by atoms with Crippen molar-refractivity contribution >= 4 is 17.9 Å². The van der Waals surface area contributed by atoms with Crippen molar-refractivity contribution in [3.63, 3.8) is 0 Å². The standard InChI is InChI=1S/C65H112O6/c1-4-7-10-13-16-18-20-22-24-26-27-28-29-30-31-32-33-34-35-36-37-38-39-40-42-43-45-47-49-52-55-58-64(67)70-61-62(60-69-63(66)57-54-51-15-12-9-6-3)71-65(68)59-56-53-50-48-46-44-41-25-23-21-19-17-14-11-8-5-2/h7,10,16,18,22,24,27-28,30-31,33-34,36-37,62H,4-6,8-9,11-15,17,19-21,23,25-26,29,32,35,38-61H2,1-3H3/b10-7-,18-16-,24-22-,28-27-,31-30-,34-33-,37-36-. The van der Waals surface area contributed by atoms with Gasteiger partial charge in [0.05, 0.1) is 0 Å². The number of ether oxygens (including phenoxy) is 3. The minimum atomic E-state index is -0.773. The van der Waals surface area contributed by atoms with E-state index in [2.05, 4.69) is 106 Å². The van der Waals surface area contributed by atoms with Gasteiger partial charge in [-0.2, -0.15) is 0 Å². The molecule has 0 aliphatic carbocycles. The van der Waals surface area contributed by atoms with Crippen LogP contribution in [0, 0.1) is 0 Å². The van der Waals surface area contributed by atoms with E-state index in [0.29, 0.717) is 19.3 Å². The number of hydrogen-bond donors (Lipinski definition) is 0. The zero-order valence-electron chi connectivity index (χ0n) is 46.7. The molecule has 0 saturated heterocycles. The van der Waals surface area contributed by atoms with E-state index in [9.17, 15) is 14.4 Å². The second kappa shape index (κ2) is 59.2. The van der Waals surface area contributed by atoms with E-state index in [-0.39, 0.29) is 31.1 Å². The van der Waals surface area contributed by atoms with Crippen LogP contribution >= 0.6 is 0 Å². The summed E-state index contributed by atoms with van der Waals surface area (Å²) in [5, 5.41) is 0. The maximum atomic E-state index is 12.8. The SMILES string of the molecule is CC/C=C\C/C=C\C/C=C\C/C=C\C/C=C\C/C=C\C/C=C\CCCCCCCCCCCC(=O)OCC(COC(=O)CCCCCCCC)OC(=O)CCCCCCCCCCCCCCCCCC. The summed E-state index contributed by atoms with van der Waals surface area (Å²) in [4.78, 5) is 37.9. The van der Waals surface area contributed by atoms with Crippen LogP contribution in [0.2, 0.25) is 0 Å². The fraction of sp³-hybridized carbons (Fsp3) is 0.738. The molecule has 0 aromatic heterocycles. The van der Waals surface area contributed by atoms with Gasteiger partial charge in [0.1, 0.15) is 13.2 Å². The zero-order chi connectivity index (χ0) is 51.4. The predicted octanol–water partition coefficient (Wildman–Crippen LogP) is 20.3. The number of carbonyl (C=O) groups is 3. The van der Waals surface area contributed by atoms with Gasteiger partial charge < -0.3 is 14.2 Å². The summed E-state index contributed by atoms with van der Waals surface area (Å²) in [6.07, 6.45) is 77.6. The highest BCUT2D eigenvalue weighted by Gasteiger charge is 2.19. The zero-order valence-corrected chi connectivity index (χ0v) is 46.7. The van der Waals surface area contributed by atoms with Gasteiger partial charge in [0.15, 0.2) is 6.10 Å². The lowest BCUT2D eigenvalue weighted by Gasteiger charge is -2.18. The first-order chi connectivity index (χ1) is 35.0. The molecule has 0 rings (SSSR count). The first-order valence-corrected chi connectivity index (χ1v) is 30.1. The Balaban J connectivity index is 4.09. The molecule has 0 bridgehead atoms. The molecule has 0 aliphatic heterocycles. The summed E-state index contributed by atoms with van der Waals surface area (Å²) in [5.74, 6) is -0.882. The number of allylic oxidation sites excluding steroid dienone is 14. The summed E-state index contributed by atoms with van der Waals surface area (Å²) in [5.41, 5.74) is 0. The summed E-state index contributed by atoms with van der Waals surface area (Å²) in [7, 11) is 0. The monoisotopic (exact) mass is 989 g/mol. The predicted molar refractivity (Wildman–Crippen MR) is 307 cm³/mol. The van der Waals surface area contributed by atoms with Crippen LogP contribution in [-0.4, -0.2) is 37.2 Å². The lowest BCUT2D eigenvalue weighted by Crippen LogP contribution is -2.30. The topological polar surface area (TPSA) is 78.9 Å². The molecule has 6 heteroatoms. The molecule has 0 aliphatic rings. The Morgan fingerprint density at radius 1 is 0.296 bits per heavy atom. The molecule has 0 aromatic rings. The van der Waals surface area contributed by atoms with E-state index < -0.39 is 6.10 Å². The second-order valence-electron chi connectivity index (χ2n) is 19.9. The summed E-state index contributed by atoms with van der Waals surface area (Å²) in [6.45, 7) is 6.48. The molecule has 1 atom stereocenters. The van der Waals surface area contributed by atoms with E-state index in [0.717, 1.165) is 109 Å². The fourth-order valence-corrected chi connectivity index (χ4v) is 8.42. The van der Waals surface area contributed by atoms with Gasteiger partial charge in [-0.25, -0.2) is 0 Å². The Bertz CT molecular complexity index is 1370. The molecule has 0 heterocycles. The minimum absolute atomic E-state index is 0.0750. The van der Waals surface area contributed by atoms with Crippen molar-refractivity contribution < 1.29 is 28.6 Å². The van der Waals surface area contributed by atoms with Gasteiger partial charge in [-0.05, 0) is 77.0 Å². The Labute approximate surface area is 439 Å². The third kappa shape index (κ3) is 57.4. The minimum Gasteiger partial charge on any atom is -0.462 e. The highest BCUT2D eigenvalue weighted by atomic mass is 16.6. The average molecular weight is 990 g/mol. The van der Waals surface area contributed by atoms with Gasteiger partial charge in [-0.1, -0.05) is 279 Å². The van der Waals surface area contributed by atoms with Crippen molar-refractivity contribution in [2.75, 3.05) is 13.2 Å². The van der Waals surface area contributed by atoms with Crippen molar-refractivity contribution in [1.29, 1.82) is 0 Å². The van der Waals surface area contributed by atoms with Crippen molar-refractivity contribution in [3.05, 3.63) is 85.1 Å². The molecule has 0 amide bonds. The van der Waals surface area contributed by atoms with E-state index in [1.54, 1.807) is 0 Å². The lowest BCUT2D eigenvalue weighted by molar-refractivity contribution is -0.167. The molecule has 71 heavy (non-hydrogen) atoms. The van der Waals surface area contributed by atoms with E-state index in [4.69, 9.17) is 14.2 Å². The number of carbonyl (C=O) groups excluding carboxylic acids is 3. The highest BCUT2D eigenvalue weighted by Crippen LogP contribution is 2.16. The number of rotatable bonds is 54. The van der Waals surface area contributed by atoms with Crippen LogP contribution in [-0.2, 0) is 28.6 Å². The maximum Gasteiger partial charge on any atom is 0.306 e. The molecular formula is C65H112O6. The molecule has 0 N–H and O–H groups in total. The molecule has 0 fully saturated rings. The van der Waals surface area contributed by atoms with Gasteiger partial charge in [-0.3, -0.25) is 14.4 Å². The van der Waals surface area contributed by atoms with Crippen LogP contribution in [0.4, 0.5) is 0 Å². The lowest BCUT2D eigenvalue weighted by atomic mass is 10.0. The van der Waals surface area contributed by atoms with Crippen LogP contribution in [0.15, 0.2) is 85.1 Å². The first kappa shape index (κ1) is 67.6. The first-order valence-electron chi connectivity index (χ1n) is 30.1. The van der Waals surface area contributed by atoms with Crippen LogP contribution in [0.25, 0.3) is 0 Å². The van der Waals surface area contributed by atoms with Crippen LogP contribution in [0.5, 0.6) is 0 Å². The second-order valence-corrected chi connectivity index (χ2v) is 19.9. The number of hydrogen-bond acceptors (Lipinski definition) is 6.